The predicted molar refractivity (Wildman–Crippen MR) is 162 cm³/mol. The number of aromatic nitrogens is 2. The molecule has 0 aromatic carbocycles. The number of esters is 3. The molecule has 2 rings (SSSR count). The van der Waals surface area contributed by atoms with Crippen LogP contribution in [0.25, 0.3) is 0 Å². The van der Waals surface area contributed by atoms with Crippen molar-refractivity contribution in [1.82, 2.24) is 9.97 Å². The zero-order valence-electron chi connectivity index (χ0n) is 22.7. The van der Waals surface area contributed by atoms with Crippen molar-refractivity contribution in [3.05, 3.63) is 56.9 Å². The summed E-state index contributed by atoms with van der Waals surface area (Å²) in [5.74, 6) is -3.78. The van der Waals surface area contributed by atoms with Gasteiger partial charge in [-0.2, -0.15) is 8.42 Å². The van der Waals surface area contributed by atoms with Gasteiger partial charge in [0.25, 0.3) is 11.4 Å². The SMILES string of the molecule is CCC(SSc1ccc([N+](=O)[O-])cn1)C(=O)OC(=O)CCC(=NS(=O)(=O)O)OC(=O)C(CC)SSc1ccc([N+](=O)[O-])cn1. The van der Waals surface area contributed by atoms with E-state index in [1.54, 1.807) is 13.8 Å². The molecule has 2 unspecified atom stereocenters. The number of pyridine rings is 2. The molecule has 238 valence electrons. The number of carbonyl (C=O) groups is 3. The minimum atomic E-state index is -5.03. The van der Waals surface area contributed by atoms with Crippen LogP contribution < -0.4 is 0 Å². The molecule has 0 saturated heterocycles. The monoisotopic (exact) mass is 709 g/mol. The smallest absolute Gasteiger partial charge is 0.381 e. The predicted octanol–water partition coefficient (Wildman–Crippen LogP) is 4.63. The van der Waals surface area contributed by atoms with Gasteiger partial charge in [-0.1, -0.05) is 35.4 Å². The lowest BCUT2D eigenvalue weighted by Crippen LogP contribution is -2.25. The topological polar surface area (TPSA) is 248 Å². The fourth-order valence-electron chi connectivity index (χ4n) is 2.69. The van der Waals surface area contributed by atoms with Crippen LogP contribution in [0.15, 0.2) is 51.1 Å². The molecule has 17 nitrogen and oxygen atoms in total. The molecular weight excluding hydrogens is 687 g/mol. The first kappa shape index (κ1) is 36.9. The van der Waals surface area contributed by atoms with Crippen molar-refractivity contribution in [1.29, 1.82) is 0 Å². The van der Waals surface area contributed by atoms with E-state index in [4.69, 9.17) is 14.0 Å². The molecule has 0 radical (unpaired) electrons. The second-order valence-corrected chi connectivity index (χ2v) is 13.9. The molecule has 0 fully saturated rings. The van der Waals surface area contributed by atoms with Gasteiger partial charge in [0.1, 0.15) is 32.9 Å². The van der Waals surface area contributed by atoms with Crippen LogP contribution in [-0.4, -0.2) is 67.1 Å². The van der Waals surface area contributed by atoms with Crippen LogP contribution in [-0.2, 0) is 34.2 Å². The van der Waals surface area contributed by atoms with Crippen LogP contribution in [0.3, 0.4) is 0 Å². The molecule has 2 aromatic rings. The summed E-state index contributed by atoms with van der Waals surface area (Å²) < 4.78 is 44.6. The highest BCUT2D eigenvalue weighted by Crippen LogP contribution is 2.36. The summed E-state index contributed by atoms with van der Waals surface area (Å²) in [6.45, 7) is 3.28. The molecule has 2 atom stereocenters. The Labute approximate surface area is 265 Å². The van der Waals surface area contributed by atoms with E-state index in [-0.39, 0.29) is 24.2 Å². The Kier molecular flexibility index (Phi) is 15.0. The normalized spacial score (nSPS) is 13.0. The van der Waals surface area contributed by atoms with E-state index in [1.165, 1.54) is 24.3 Å². The van der Waals surface area contributed by atoms with E-state index in [0.717, 1.165) is 55.6 Å². The molecule has 44 heavy (non-hydrogen) atoms. The van der Waals surface area contributed by atoms with Crippen molar-refractivity contribution < 1.29 is 46.7 Å². The number of rotatable bonds is 16. The molecule has 0 amide bonds. The standard InChI is InChI=1S/C22H23N5O12S5/c1-3-15(40-42-18-8-5-13(11-23-18)26(31)32)21(29)38-17(25-44(35,36)37)7-10-20(28)39-22(30)16(4-2)41-43-19-9-6-14(12-24-19)27(33)34/h5-6,8-9,11-12,15-16H,3-4,7,10H2,1-2H3,(H,35,36,37). The van der Waals surface area contributed by atoms with E-state index in [2.05, 4.69) is 14.4 Å². The van der Waals surface area contributed by atoms with Crippen molar-refractivity contribution in [3.63, 3.8) is 0 Å². The Morgan fingerprint density at radius 1 is 0.864 bits per heavy atom. The van der Waals surface area contributed by atoms with Crippen molar-refractivity contribution >= 4 is 88.7 Å². The van der Waals surface area contributed by atoms with Crippen LogP contribution in [0.5, 0.6) is 0 Å². The van der Waals surface area contributed by atoms with E-state index in [1.807, 2.05) is 0 Å². The number of nitro groups is 2. The van der Waals surface area contributed by atoms with Gasteiger partial charge in [0.15, 0.2) is 0 Å². The lowest BCUT2D eigenvalue weighted by atomic mass is 10.3. The number of nitrogens with zero attached hydrogens (tertiary/aromatic N) is 5. The molecule has 0 aliphatic heterocycles. The molecule has 0 spiro atoms. The van der Waals surface area contributed by atoms with Gasteiger partial charge in [-0.25, -0.2) is 9.97 Å². The summed E-state index contributed by atoms with van der Waals surface area (Å²) in [4.78, 5) is 65.6. The highest BCUT2D eigenvalue weighted by molar-refractivity contribution is 8.77. The third-order valence-corrected chi connectivity index (χ3v) is 10.8. The summed E-state index contributed by atoms with van der Waals surface area (Å²) in [6, 6.07) is 5.24. The zero-order valence-corrected chi connectivity index (χ0v) is 26.7. The first-order valence-corrected chi connectivity index (χ1v) is 17.9. The van der Waals surface area contributed by atoms with E-state index < -0.39 is 67.3 Å². The van der Waals surface area contributed by atoms with Crippen molar-refractivity contribution in [2.75, 3.05) is 0 Å². The van der Waals surface area contributed by atoms with Crippen molar-refractivity contribution in [3.8, 4) is 0 Å². The largest absolute Gasteiger partial charge is 0.410 e. The van der Waals surface area contributed by atoms with Gasteiger partial charge in [0.05, 0.1) is 16.3 Å². The fraction of sp³-hybridized carbons (Fsp3) is 0.364. The number of ether oxygens (including phenoxy) is 2. The molecule has 0 saturated carbocycles. The molecule has 1 N–H and O–H groups in total. The van der Waals surface area contributed by atoms with Crippen LogP contribution in [0.4, 0.5) is 11.4 Å². The average molecular weight is 710 g/mol. The van der Waals surface area contributed by atoms with E-state index >= 15 is 0 Å². The Bertz CT molecular complexity index is 1490. The summed E-state index contributed by atoms with van der Waals surface area (Å²) in [5, 5.41) is 20.5. The number of carbonyl (C=O) groups excluding carboxylic acids is 3. The molecule has 0 aliphatic carbocycles. The van der Waals surface area contributed by atoms with Gasteiger partial charge in [0, 0.05) is 18.6 Å². The van der Waals surface area contributed by atoms with E-state index in [0.29, 0.717) is 10.1 Å². The summed E-state index contributed by atoms with van der Waals surface area (Å²) >= 11 is 0. The first-order chi connectivity index (χ1) is 20.7. The molecule has 0 aliphatic rings. The van der Waals surface area contributed by atoms with Crippen LogP contribution in [0, 0.1) is 20.2 Å². The highest BCUT2D eigenvalue weighted by atomic mass is 33.1. The second kappa shape index (κ2) is 17.9. The average Bonchev–Trinajstić information content (AvgIpc) is 2.96. The summed E-state index contributed by atoms with van der Waals surface area (Å²) in [5.41, 5.74) is -0.430. The van der Waals surface area contributed by atoms with Crippen LogP contribution in [0.2, 0.25) is 0 Å². The minimum absolute atomic E-state index is 0.197. The molecule has 2 aromatic heterocycles. The van der Waals surface area contributed by atoms with E-state index in [9.17, 15) is 43.0 Å². The maximum Gasteiger partial charge on any atom is 0.381 e. The first-order valence-electron chi connectivity index (χ1n) is 12.1. The summed E-state index contributed by atoms with van der Waals surface area (Å²) in [6.07, 6.45) is 1.27. The van der Waals surface area contributed by atoms with Gasteiger partial charge >= 0.3 is 28.2 Å². The van der Waals surface area contributed by atoms with Crippen LogP contribution in [0.1, 0.15) is 39.5 Å². The van der Waals surface area contributed by atoms with Gasteiger partial charge in [0.2, 0.25) is 5.90 Å². The van der Waals surface area contributed by atoms with Crippen molar-refractivity contribution in [2.45, 2.75) is 60.1 Å². The molecular formula is C22H23N5O12S5. The minimum Gasteiger partial charge on any atom is -0.410 e. The van der Waals surface area contributed by atoms with Crippen molar-refractivity contribution in [2.24, 2.45) is 4.40 Å². The van der Waals surface area contributed by atoms with Gasteiger partial charge in [-0.05, 0) is 46.6 Å². The quantitative estimate of drug-likeness (QED) is 0.0364. The van der Waals surface area contributed by atoms with Gasteiger partial charge in [-0.3, -0.25) is 39.2 Å². The Balaban J connectivity index is 1.94. The van der Waals surface area contributed by atoms with Gasteiger partial charge < -0.3 is 9.47 Å². The lowest BCUT2D eigenvalue weighted by molar-refractivity contribution is -0.385. The number of hydrogen-bond acceptors (Lipinski definition) is 17. The summed E-state index contributed by atoms with van der Waals surface area (Å²) in [7, 11) is -1.02. The molecule has 0 bridgehead atoms. The third kappa shape index (κ3) is 13.1. The molecule has 22 heteroatoms. The molecule has 2 heterocycles. The third-order valence-electron chi connectivity index (χ3n) is 4.82. The zero-order chi connectivity index (χ0) is 32.9. The number of hydrogen-bond donors (Lipinski definition) is 1. The maximum absolute atomic E-state index is 12.7. The van der Waals surface area contributed by atoms with Gasteiger partial charge in [-0.15, -0.1) is 4.40 Å². The van der Waals surface area contributed by atoms with Crippen LogP contribution >= 0.6 is 43.2 Å². The maximum atomic E-state index is 12.7. The second-order valence-electron chi connectivity index (χ2n) is 8.02. The Hall–Kier alpha value is -3.31. The highest BCUT2D eigenvalue weighted by Gasteiger charge is 2.26. The Morgan fingerprint density at radius 3 is 1.68 bits per heavy atom. The fourth-order valence-corrected chi connectivity index (χ4v) is 7.63. The Morgan fingerprint density at radius 2 is 1.32 bits per heavy atom. The lowest BCUT2D eigenvalue weighted by Gasteiger charge is -2.14.